The number of anilines is 2. The number of carbonyl (C=O) groups excluding carboxylic acids is 1. The summed E-state index contributed by atoms with van der Waals surface area (Å²) < 4.78 is 0. The van der Waals surface area contributed by atoms with E-state index in [-0.39, 0.29) is 5.91 Å². The number of aryl methyl sites for hydroxylation is 2. The fourth-order valence-corrected chi connectivity index (χ4v) is 2.14. The van der Waals surface area contributed by atoms with Crippen molar-refractivity contribution in [2.45, 2.75) is 20.8 Å². The first kappa shape index (κ1) is 15.3. The van der Waals surface area contributed by atoms with Crippen molar-refractivity contribution in [2.24, 2.45) is 0 Å². The first-order valence-electron chi connectivity index (χ1n) is 6.79. The zero-order chi connectivity index (χ0) is 15.4. The van der Waals surface area contributed by atoms with Gasteiger partial charge in [-0.1, -0.05) is 23.7 Å². The summed E-state index contributed by atoms with van der Waals surface area (Å²) in [5.41, 5.74) is 3.29. The molecule has 0 aliphatic carbocycles. The van der Waals surface area contributed by atoms with Gasteiger partial charge in [0.15, 0.2) is 0 Å². The molecule has 110 valence electrons. The third-order valence-corrected chi connectivity index (χ3v) is 3.40. The molecule has 1 aromatic carbocycles. The van der Waals surface area contributed by atoms with Crippen LogP contribution in [0.3, 0.4) is 0 Å². The average Bonchev–Trinajstić information content (AvgIpc) is 2.45. The van der Waals surface area contributed by atoms with E-state index < -0.39 is 0 Å². The zero-order valence-corrected chi connectivity index (χ0v) is 13.1. The Balaban J connectivity index is 2.27. The molecule has 4 nitrogen and oxygen atoms in total. The third kappa shape index (κ3) is 3.73. The lowest BCUT2D eigenvalue weighted by Crippen LogP contribution is -2.14. The maximum Gasteiger partial charge on any atom is 0.257 e. The average molecular weight is 304 g/mol. The maximum atomic E-state index is 12.4. The summed E-state index contributed by atoms with van der Waals surface area (Å²) in [6.45, 7) is 6.63. The van der Waals surface area contributed by atoms with Crippen LogP contribution in [-0.4, -0.2) is 17.4 Å². The van der Waals surface area contributed by atoms with E-state index in [0.29, 0.717) is 16.4 Å². The van der Waals surface area contributed by atoms with E-state index in [1.807, 2.05) is 39.0 Å². The summed E-state index contributed by atoms with van der Waals surface area (Å²) in [5, 5.41) is 6.30. The predicted octanol–water partition coefficient (Wildman–Crippen LogP) is 4.04. The minimum Gasteiger partial charge on any atom is -0.370 e. The predicted molar refractivity (Wildman–Crippen MR) is 87.3 cm³/mol. The van der Waals surface area contributed by atoms with Crippen LogP contribution in [0.4, 0.5) is 11.5 Å². The van der Waals surface area contributed by atoms with Crippen LogP contribution < -0.4 is 10.6 Å². The van der Waals surface area contributed by atoms with Gasteiger partial charge in [0, 0.05) is 18.4 Å². The minimum atomic E-state index is -0.241. The highest BCUT2D eigenvalue weighted by Crippen LogP contribution is 2.22. The van der Waals surface area contributed by atoms with Crippen molar-refractivity contribution < 1.29 is 4.79 Å². The van der Waals surface area contributed by atoms with Gasteiger partial charge in [0.1, 0.15) is 5.82 Å². The summed E-state index contributed by atoms with van der Waals surface area (Å²) in [7, 11) is 0. The Morgan fingerprint density at radius 3 is 2.76 bits per heavy atom. The highest BCUT2D eigenvalue weighted by Gasteiger charge is 2.13. The molecule has 0 radical (unpaired) electrons. The Kier molecular flexibility index (Phi) is 4.81. The molecule has 0 saturated heterocycles. The summed E-state index contributed by atoms with van der Waals surface area (Å²) in [6.07, 6.45) is 1.48. The number of aromatic nitrogens is 1. The number of nitrogens with zero attached hydrogens (tertiary/aromatic N) is 1. The largest absolute Gasteiger partial charge is 0.370 e. The molecule has 0 aliphatic rings. The van der Waals surface area contributed by atoms with E-state index >= 15 is 0 Å². The van der Waals surface area contributed by atoms with Gasteiger partial charge in [-0.3, -0.25) is 4.79 Å². The Morgan fingerprint density at radius 2 is 2.05 bits per heavy atom. The zero-order valence-electron chi connectivity index (χ0n) is 12.3. The third-order valence-electron chi connectivity index (χ3n) is 3.10. The van der Waals surface area contributed by atoms with E-state index in [4.69, 9.17) is 11.6 Å². The normalized spacial score (nSPS) is 10.3. The number of benzene rings is 1. The molecule has 0 bridgehead atoms. The maximum absolute atomic E-state index is 12.4. The van der Waals surface area contributed by atoms with Crippen molar-refractivity contribution in [2.75, 3.05) is 17.2 Å². The molecule has 21 heavy (non-hydrogen) atoms. The van der Waals surface area contributed by atoms with Crippen LogP contribution in [0.25, 0.3) is 0 Å². The van der Waals surface area contributed by atoms with Gasteiger partial charge in [-0.05, 0) is 44.0 Å². The fraction of sp³-hybridized carbons (Fsp3) is 0.250. The smallest absolute Gasteiger partial charge is 0.257 e. The SMILES string of the molecule is CCNc1cc(C(=O)Nc2cc(C)ccc2C)c(Cl)cn1. The first-order chi connectivity index (χ1) is 10.0. The van der Waals surface area contributed by atoms with Crippen molar-refractivity contribution in [3.63, 3.8) is 0 Å². The highest BCUT2D eigenvalue weighted by molar-refractivity contribution is 6.34. The van der Waals surface area contributed by atoms with Crippen LogP contribution in [0.1, 0.15) is 28.4 Å². The molecule has 0 atom stereocenters. The van der Waals surface area contributed by atoms with E-state index in [1.54, 1.807) is 6.07 Å². The molecule has 0 saturated carbocycles. The molecule has 1 aromatic heterocycles. The van der Waals surface area contributed by atoms with Crippen molar-refractivity contribution in [3.05, 3.63) is 52.2 Å². The Hall–Kier alpha value is -2.07. The lowest BCUT2D eigenvalue weighted by Gasteiger charge is -2.11. The van der Waals surface area contributed by atoms with Crippen LogP contribution in [0.2, 0.25) is 5.02 Å². The molecule has 1 heterocycles. The second kappa shape index (κ2) is 6.59. The molecule has 0 unspecified atom stereocenters. The summed E-state index contributed by atoms with van der Waals surface area (Å²) >= 11 is 6.08. The van der Waals surface area contributed by atoms with E-state index in [2.05, 4.69) is 15.6 Å². The number of rotatable bonds is 4. The Bertz CT molecular complexity index is 671. The molecular formula is C16H18ClN3O. The number of nitrogens with one attached hydrogen (secondary N) is 2. The number of carbonyl (C=O) groups is 1. The molecule has 5 heteroatoms. The van der Waals surface area contributed by atoms with Gasteiger partial charge in [0.25, 0.3) is 5.91 Å². The van der Waals surface area contributed by atoms with Crippen molar-refractivity contribution >= 4 is 29.0 Å². The minimum absolute atomic E-state index is 0.241. The summed E-state index contributed by atoms with van der Waals surface area (Å²) in [5.74, 6) is 0.392. The first-order valence-corrected chi connectivity index (χ1v) is 7.17. The lowest BCUT2D eigenvalue weighted by atomic mass is 10.1. The Morgan fingerprint density at radius 1 is 1.29 bits per heavy atom. The summed E-state index contributed by atoms with van der Waals surface area (Å²) in [4.78, 5) is 16.5. The molecule has 1 amide bonds. The molecule has 0 aliphatic heterocycles. The second-order valence-electron chi connectivity index (χ2n) is 4.85. The number of pyridine rings is 1. The van der Waals surface area contributed by atoms with Crippen LogP contribution >= 0.6 is 11.6 Å². The second-order valence-corrected chi connectivity index (χ2v) is 5.26. The molecule has 2 N–H and O–H groups in total. The molecular weight excluding hydrogens is 286 g/mol. The van der Waals surface area contributed by atoms with Crippen LogP contribution in [0.15, 0.2) is 30.5 Å². The highest BCUT2D eigenvalue weighted by atomic mass is 35.5. The van der Waals surface area contributed by atoms with Crippen LogP contribution in [0.5, 0.6) is 0 Å². The topological polar surface area (TPSA) is 54.0 Å². The number of halogens is 1. The van der Waals surface area contributed by atoms with Gasteiger partial charge in [-0.25, -0.2) is 4.98 Å². The lowest BCUT2D eigenvalue weighted by molar-refractivity contribution is 0.102. The van der Waals surface area contributed by atoms with E-state index in [0.717, 1.165) is 23.4 Å². The standard InChI is InChI=1S/C16H18ClN3O/c1-4-18-15-8-12(13(17)9-19-15)16(21)20-14-7-10(2)5-6-11(14)3/h5-9H,4H2,1-3H3,(H,18,19)(H,20,21). The van der Waals surface area contributed by atoms with Gasteiger partial charge in [0.2, 0.25) is 0 Å². The van der Waals surface area contributed by atoms with Crippen molar-refractivity contribution in [3.8, 4) is 0 Å². The van der Waals surface area contributed by atoms with Crippen LogP contribution in [-0.2, 0) is 0 Å². The number of hydrogen-bond acceptors (Lipinski definition) is 3. The van der Waals surface area contributed by atoms with Crippen molar-refractivity contribution in [1.29, 1.82) is 0 Å². The Labute approximate surface area is 129 Å². The van der Waals surface area contributed by atoms with E-state index in [1.165, 1.54) is 6.20 Å². The van der Waals surface area contributed by atoms with E-state index in [9.17, 15) is 4.79 Å². The van der Waals surface area contributed by atoms with Gasteiger partial charge in [-0.2, -0.15) is 0 Å². The van der Waals surface area contributed by atoms with Crippen molar-refractivity contribution in [1.82, 2.24) is 4.98 Å². The number of hydrogen-bond donors (Lipinski definition) is 2. The fourth-order valence-electron chi connectivity index (χ4n) is 1.95. The quantitative estimate of drug-likeness (QED) is 0.896. The van der Waals surface area contributed by atoms with Gasteiger partial charge in [-0.15, -0.1) is 0 Å². The van der Waals surface area contributed by atoms with Gasteiger partial charge in [0.05, 0.1) is 10.6 Å². The van der Waals surface area contributed by atoms with Crippen LogP contribution in [0, 0.1) is 13.8 Å². The van der Waals surface area contributed by atoms with Gasteiger partial charge < -0.3 is 10.6 Å². The monoisotopic (exact) mass is 303 g/mol. The number of amides is 1. The summed E-state index contributed by atoms with van der Waals surface area (Å²) in [6, 6.07) is 7.58. The molecule has 0 fully saturated rings. The molecule has 0 spiro atoms. The van der Waals surface area contributed by atoms with Gasteiger partial charge >= 0.3 is 0 Å². The molecule has 2 aromatic rings. The molecule has 2 rings (SSSR count).